The summed E-state index contributed by atoms with van der Waals surface area (Å²) in [5.41, 5.74) is 0.679. The van der Waals surface area contributed by atoms with Crippen LogP contribution < -0.4 is 4.90 Å². The van der Waals surface area contributed by atoms with Gasteiger partial charge in [0.25, 0.3) is 0 Å². The molecule has 7 heteroatoms. The summed E-state index contributed by atoms with van der Waals surface area (Å²) in [5, 5.41) is 0.539. The molecule has 126 valence electrons. The highest BCUT2D eigenvalue weighted by molar-refractivity contribution is 7.91. The number of hydrogen-bond acceptors (Lipinski definition) is 4. The lowest BCUT2D eigenvalue weighted by Gasteiger charge is -2.45. The topological polar surface area (TPSA) is 57.7 Å². The van der Waals surface area contributed by atoms with Crippen molar-refractivity contribution >= 4 is 33.0 Å². The standard InChI is InChI=1S/C16H21ClN2O3S/c1-3-11(2)18-8-16(20)19(13-6-4-5-12(17)7-13)15-10-23(21,22)9-14(15)18/h4-7,11,14-15H,3,8-10H2,1-2H3/t11-,14-,15+/m0/s1. The molecule has 0 spiro atoms. The first-order chi connectivity index (χ1) is 10.8. The van der Waals surface area contributed by atoms with Crippen molar-refractivity contribution in [1.82, 2.24) is 4.90 Å². The number of amides is 1. The summed E-state index contributed by atoms with van der Waals surface area (Å²) in [7, 11) is -3.15. The van der Waals surface area contributed by atoms with Gasteiger partial charge < -0.3 is 4.90 Å². The lowest BCUT2D eigenvalue weighted by atomic mass is 10.0. The van der Waals surface area contributed by atoms with E-state index in [-0.39, 0.29) is 42.1 Å². The Labute approximate surface area is 142 Å². The van der Waals surface area contributed by atoms with Crippen LogP contribution in [0, 0.1) is 0 Å². The summed E-state index contributed by atoms with van der Waals surface area (Å²) in [5.74, 6) is 0.0702. The largest absolute Gasteiger partial charge is 0.306 e. The highest BCUT2D eigenvalue weighted by Gasteiger charge is 2.50. The molecule has 0 unspecified atom stereocenters. The normalized spacial score (nSPS) is 28.7. The summed E-state index contributed by atoms with van der Waals surface area (Å²) < 4.78 is 24.4. The second-order valence-corrected chi connectivity index (χ2v) is 8.98. The minimum absolute atomic E-state index is 0.0167. The maximum Gasteiger partial charge on any atom is 0.241 e. The Morgan fingerprint density at radius 1 is 1.30 bits per heavy atom. The van der Waals surface area contributed by atoms with Gasteiger partial charge in [-0.15, -0.1) is 0 Å². The summed E-state index contributed by atoms with van der Waals surface area (Å²) in [4.78, 5) is 16.4. The highest BCUT2D eigenvalue weighted by Crippen LogP contribution is 2.33. The summed E-state index contributed by atoms with van der Waals surface area (Å²) in [6, 6.07) is 6.75. The number of carbonyl (C=O) groups is 1. The van der Waals surface area contributed by atoms with E-state index in [4.69, 9.17) is 11.6 Å². The lowest BCUT2D eigenvalue weighted by molar-refractivity contribution is -0.124. The van der Waals surface area contributed by atoms with Crippen LogP contribution in [0.4, 0.5) is 5.69 Å². The average molecular weight is 357 g/mol. The van der Waals surface area contributed by atoms with Crippen LogP contribution in [0.15, 0.2) is 24.3 Å². The van der Waals surface area contributed by atoms with Crippen LogP contribution >= 0.6 is 11.6 Å². The third-order valence-electron chi connectivity index (χ3n) is 4.88. The van der Waals surface area contributed by atoms with Gasteiger partial charge in [0.1, 0.15) is 0 Å². The van der Waals surface area contributed by atoms with Crippen molar-refractivity contribution in [2.75, 3.05) is 23.0 Å². The molecule has 0 bridgehead atoms. The van der Waals surface area contributed by atoms with Crippen molar-refractivity contribution in [2.45, 2.75) is 38.4 Å². The molecule has 3 atom stereocenters. The second-order valence-electron chi connectivity index (χ2n) is 6.38. The van der Waals surface area contributed by atoms with Gasteiger partial charge in [0.2, 0.25) is 5.91 Å². The zero-order valence-electron chi connectivity index (χ0n) is 13.3. The molecule has 5 nitrogen and oxygen atoms in total. The maximum atomic E-state index is 12.7. The van der Waals surface area contributed by atoms with E-state index in [1.807, 2.05) is 13.0 Å². The number of sulfone groups is 1. The van der Waals surface area contributed by atoms with Crippen LogP contribution in [0.2, 0.25) is 5.02 Å². The average Bonchev–Trinajstić information content (AvgIpc) is 2.80. The lowest BCUT2D eigenvalue weighted by Crippen LogP contribution is -2.63. The zero-order chi connectivity index (χ0) is 16.8. The van der Waals surface area contributed by atoms with Crippen molar-refractivity contribution < 1.29 is 13.2 Å². The Morgan fingerprint density at radius 2 is 2.00 bits per heavy atom. The van der Waals surface area contributed by atoms with Crippen LogP contribution in [0.1, 0.15) is 20.3 Å². The number of benzene rings is 1. The fraction of sp³-hybridized carbons (Fsp3) is 0.562. The number of rotatable bonds is 3. The Kier molecular flexibility index (Phi) is 4.42. The second kappa shape index (κ2) is 6.07. The van der Waals surface area contributed by atoms with Crippen molar-refractivity contribution in [3.63, 3.8) is 0 Å². The Hall–Kier alpha value is -1.11. The fourth-order valence-electron chi connectivity index (χ4n) is 3.59. The van der Waals surface area contributed by atoms with Crippen LogP contribution in [-0.2, 0) is 14.6 Å². The minimum atomic E-state index is -3.15. The van der Waals surface area contributed by atoms with E-state index in [0.29, 0.717) is 10.7 Å². The Balaban J connectivity index is 2.01. The third kappa shape index (κ3) is 3.12. The molecule has 1 aromatic carbocycles. The van der Waals surface area contributed by atoms with E-state index in [2.05, 4.69) is 11.8 Å². The van der Waals surface area contributed by atoms with Crippen molar-refractivity contribution in [3.8, 4) is 0 Å². The molecule has 2 aliphatic heterocycles. The molecular formula is C16H21ClN2O3S. The molecule has 23 heavy (non-hydrogen) atoms. The van der Waals surface area contributed by atoms with Crippen LogP contribution in [0.25, 0.3) is 0 Å². The van der Waals surface area contributed by atoms with Crippen LogP contribution in [0.3, 0.4) is 0 Å². The molecule has 2 heterocycles. The molecule has 2 saturated heterocycles. The van der Waals surface area contributed by atoms with Gasteiger partial charge >= 0.3 is 0 Å². The van der Waals surface area contributed by atoms with Gasteiger partial charge in [-0.25, -0.2) is 8.42 Å². The van der Waals surface area contributed by atoms with E-state index in [1.165, 1.54) is 0 Å². The highest BCUT2D eigenvalue weighted by atomic mass is 35.5. The quantitative estimate of drug-likeness (QED) is 0.830. The van der Waals surface area contributed by atoms with Gasteiger partial charge in [0, 0.05) is 22.8 Å². The smallest absolute Gasteiger partial charge is 0.241 e. The van der Waals surface area contributed by atoms with Gasteiger partial charge in [-0.1, -0.05) is 24.6 Å². The molecule has 3 rings (SSSR count). The molecule has 1 amide bonds. The van der Waals surface area contributed by atoms with Gasteiger partial charge in [0.05, 0.1) is 24.1 Å². The first kappa shape index (κ1) is 16.7. The first-order valence-electron chi connectivity index (χ1n) is 7.86. The molecule has 2 fully saturated rings. The monoisotopic (exact) mass is 356 g/mol. The molecule has 1 aromatic rings. The van der Waals surface area contributed by atoms with Gasteiger partial charge in [-0.3, -0.25) is 9.69 Å². The predicted octanol–water partition coefficient (Wildman–Crippen LogP) is 1.95. The number of fused-ring (bicyclic) bond motifs is 1. The van der Waals surface area contributed by atoms with Crippen LogP contribution in [0.5, 0.6) is 0 Å². The van der Waals surface area contributed by atoms with Crippen molar-refractivity contribution in [3.05, 3.63) is 29.3 Å². The molecule has 0 aromatic heterocycles. The SMILES string of the molecule is CC[C@H](C)N1CC(=O)N(c2cccc(Cl)c2)[C@@H]2CS(=O)(=O)C[C@@H]21. The van der Waals surface area contributed by atoms with E-state index >= 15 is 0 Å². The maximum absolute atomic E-state index is 12.7. The zero-order valence-corrected chi connectivity index (χ0v) is 14.8. The molecule has 0 aliphatic carbocycles. The molecular weight excluding hydrogens is 336 g/mol. The first-order valence-corrected chi connectivity index (χ1v) is 10.1. The van der Waals surface area contributed by atoms with E-state index in [9.17, 15) is 13.2 Å². The van der Waals surface area contributed by atoms with Crippen molar-refractivity contribution in [2.24, 2.45) is 0 Å². The third-order valence-corrected chi connectivity index (χ3v) is 6.81. The fourth-order valence-corrected chi connectivity index (χ4v) is 5.73. The molecule has 2 aliphatic rings. The number of carbonyl (C=O) groups excluding carboxylic acids is 1. The number of piperazine rings is 1. The summed E-state index contributed by atoms with van der Waals surface area (Å²) in [6.45, 7) is 4.35. The number of hydrogen-bond donors (Lipinski definition) is 0. The van der Waals surface area contributed by atoms with Gasteiger partial charge in [0.15, 0.2) is 9.84 Å². The molecule has 0 N–H and O–H groups in total. The van der Waals surface area contributed by atoms with E-state index in [1.54, 1.807) is 23.1 Å². The molecule has 0 saturated carbocycles. The van der Waals surface area contributed by atoms with Gasteiger partial charge in [-0.2, -0.15) is 0 Å². The van der Waals surface area contributed by atoms with E-state index in [0.717, 1.165) is 6.42 Å². The number of halogens is 1. The number of anilines is 1. The van der Waals surface area contributed by atoms with Crippen molar-refractivity contribution in [1.29, 1.82) is 0 Å². The van der Waals surface area contributed by atoms with E-state index < -0.39 is 9.84 Å². The number of nitrogens with zero attached hydrogens (tertiary/aromatic N) is 2. The Morgan fingerprint density at radius 3 is 2.65 bits per heavy atom. The molecule has 0 radical (unpaired) electrons. The Bertz CT molecular complexity index is 722. The van der Waals surface area contributed by atoms with Crippen LogP contribution in [-0.4, -0.2) is 55.4 Å². The minimum Gasteiger partial charge on any atom is -0.306 e. The summed E-state index contributed by atoms with van der Waals surface area (Å²) >= 11 is 6.05. The predicted molar refractivity (Wildman–Crippen MR) is 91.6 cm³/mol. The summed E-state index contributed by atoms with van der Waals surface area (Å²) in [6.07, 6.45) is 0.883. The van der Waals surface area contributed by atoms with Gasteiger partial charge in [-0.05, 0) is 31.5 Å².